The lowest BCUT2D eigenvalue weighted by Crippen LogP contribution is -2.15. The summed E-state index contributed by atoms with van der Waals surface area (Å²) < 4.78 is 52.7. The lowest BCUT2D eigenvalue weighted by molar-refractivity contribution is -0.124. The van der Waals surface area contributed by atoms with Crippen LogP contribution >= 0.6 is 0 Å². The molecule has 9 heteroatoms. The molecule has 0 heterocycles. The van der Waals surface area contributed by atoms with E-state index in [0.29, 0.717) is 5.56 Å². The Bertz CT molecular complexity index is 898. The quantitative estimate of drug-likeness (QED) is 0.436. The van der Waals surface area contributed by atoms with Crippen LogP contribution in [0.4, 0.5) is 14.5 Å². The third-order valence-electron chi connectivity index (χ3n) is 2.88. The van der Waals surface area contributed by atoms with Gasteiger partial charge in [0, 0.05) is 12.1 Å². The molecule has 2 aromatic carbocycles. The molecule has 126 valence electrons. The molecular formula is C15H12F2N2O4S. The second kappa shape index (κ2) is 7.20. The Balaban J connectivity index is 2.27. The van der Waals surface area contributed by atoms with Gasteiger partial charge >= 0.3 is 0 Å². The molecule has 2 aromatic rings. The average molecular weight is 354 g/mol. The van der Waals surface area contributed by atoms with Crippen molar-refractivity contribution in [1.29, 1.82) is 0 Å². The Morgan fingerprint density at radius 2 is 1.83 bits per heavy atom. The van der Waals surface area contributed by atoms with Gasteiger partial charge in [0.15, 0.2) is 11.6 Å². The van der Waals surface area contributed by atoms with Gasteiger partial charge in [-0.1, -0.05) is 12.1 Å². The number of halogens is 2. The van der Waals surface area contributed by atoms with Crippen LogP contribution < -0.4 is 10.2 Å². The summed E-state index contributed by atoms with van der Waals surface area (Å²) in [6, 6.07) is 8.16. The molecule has 0 bridgehead atoms. The summed E-state index contributed by atoms with van der Waals surface area (Å²) in [6.07, 6.45) is 2.30. The predicted octanol–water partition coefficient (Wildman–Crippen LogP) is 2.28. The molecule has 0 fully saturated rings. The highest BCUT2D eigenvalue weighted by Crippen LogP contribution is 2.19. The maximum Gasteiger partial charge on any atom is 0.267 e. The van der Waals surface area contributed by atoms with Crippen molar-refractivity contribution in [2.45, 2.75) is 4.90 Å². The van der Waals surface area contributed by atoms with Crippen LogP contribution in [-0.2, 0) is 14.8 Å². The summed E-state index contributed by atoms with van der Waals surface area (Å²) in [5.74, 6) is -3.04. The van der Waals surface area contributed by atoms with Crippen molar-refractivity contribution < 1.29 is 27.2 Å². The lowest BCUT2D eigenvalue weighted by atomic mass is 10.2. The molecule has 3 N–H and O–H groups in total. The Morgan fingerprint density at radius 1 is 1.08 bits per heavy atom. The van der Waals surface area contributed by atoms with Crippen molar-refractivity contribution in [2.24, 2.45) is 0 Å². The third kappa shape index (κ3) is 4.37. The first-order valence-corrected chi connectivity index (χ1v) is 8.00. The monoisotopic (exact) mass is 354 g/mol. The molecule has 2 rings (SSSR count). The molecule has 0 aliphatic rings. The molecule has 1 amide bonds. The number of hydroxylamine groups is 1. The zero-order valence-electron chi connectivity index (χ0n) is 12.0. The van der Waals surface area contributed by atoms with Gasteiger partial charge in [0.25, 0.3) is 15.9 Å². The van der Waals surface area contributed by atoms with Crippen LogP contribution in [0.25, 0.3) is 6.08 Å². The Hall–Kier alpha value is -2.78. The number of hydrogen-bond donors (Lipinski definition) is 3. The maximum absolute atomic E-state index is 13.2. The van der Waals surface area contributed by atoms with Gasteiger partial charge in [-0.05, 0) is 35.9 Å². The summed E-state index contributed by atoms with van der Waals surface area (Å²) in [4.78, 5) is 10.8. The van der Waals surface area contributed by atoms with E-state index in [4.69, 9.17) is 5.21 Å². The molecule has 0 aromatic heterocycles. The summed E-state index contributed by atoms with van der Waals surface area (Å²) in [5, 5.41) is 8.39. The first-order chi connectivity index (χ1) is 11.3. The number of sulfonamides is 1. The first kappa shape index (κ1) is 17.6. The Labute approximate surface area is 136 Å². The number of nitrogens with one attached hydrogen (secondary N) is 2. The predicted molar refractivity (Wildman–Crippen MR) is 82.6 cm³/mol. The van der Waals surface area contributed by atoms with Crippen LogP contribution in [0.3, 0.4) is 0 Å². The van der Waals surface area contributed by atoms with E-state index in [-0.39, 0.29) is 10.6 Å². The molecule has 0 atom stereocenters. The fraction of sp³-hybridized carbons (Fsp3) is 0. The standard InChI is InChI=1S/C15H12F2N2O4S/c16-13-6-5-11(9-14(13)17)19-24(22,23)12-3-1-2-10(8-12)4-7-15(20)18-21/h1-9,19,21H,(H,18,20)/b7-4+. The average Bonchev–Trinajstić information content (AvgIpc) is 2.56. The van der Waals surface area contributed by atoms with Crippen LogP contribution in [0, 0.1) is 11.6 Å². The summed E-state index contributed by atoms with van der Waals surface area (Å²) in [5.41, 5.74) is 1.65. The van der Waals surface area contributed by atoms with E-state index >= 15 is 0 Å². The van der Waals surface area contributed by atoms with Crippen molar-refractivity contribution in [3.8, 4) is 0 Å². The number of benzene rings is 2. The molecule has 0 aliphatic carbocycles. The zero-order valence-corrected chi connectivity index (χ0v) is 12.8. The lowest BCUT2D eigenvalue weighted by Gasteiger charge is -2.09. The summed E-state index contributed by atoms with van der Waals surface area (Å²) in [6.45, 7) is 0. The van der Waals surface area contributed by atoms with Crippen molar-refractivity contribution in [1.82, 2.24) is 5.48 Å². The first-order valence-electron chi connectivity index (χ1n) is 6.52. The van der Waals surface area contributed by atoms with Gasteiger partial charge in [-0.15, -0.1) is 0 Å². The maximum atomic E-state index is 13.2. The van der Waals surface area contributed by atoms with Gasteiger partial charge in [0.2, 0.25) is 0 Å². The fourth-order valence-corrected chi connectivity index (χ4v) is 2.87. The van der Waals surface area contributed by atoms with Gasteiger partial charge in [-0.2, -0.15) is 0 Å². The SMILES string of the molecule is O=C(/C=C/c1cccc(S(=O)(=O)Nc2ccc(F)c(F)c2)c1)NO. The second-order valence-corrected chi connectivity index (χ2v) is 6.30. The Morgan fingerprint density at radius 3 is 2.50 bits per heavy atom. The molecule has 0 radical (unpaired) electrons. The van der Waals surface area contributed by atoms with Gasteiger partial charge in [-0.3, -0.25) is 14.7 Å². The normalized spacial score (nSPS) is 11.5. The molecule has 24 heavy (non-hydrogen) atoms. The molecule has 0 saturated heterocycles. The minimum absolute atomic E-state index is 0.130. The van der Waals surface area contributed by atoms with Gasteiger partial charge in [-0.25, -0.2) is 22.7 Å². The Kier molecular flexibility index (Phi) is 5.27. The van der Waals surface area contributed by atoms with Crippen molar-refractivity contribution in [3.63, 3.8) is 0 Å². The summed E-state index contributed by atoms with van der Waals surface area (Å²) in [7, 11) is -4.03. The van der Waals surface area contributed by atoms with Crippen molar-refractivity contribution in [3.05, 3.63) is 65.7 Å². The molecule has 0 unspecified atom stereocenters. The largest absolute Gasteiger partial charge is 0.288 e. The van der Waals surface area contributed by atoms with Crippen LogP contribution in [0.5, 0.6) is 0 Å². The fourth-order valence-electron chi connectivity index (χ4n) is 1.77. The highest BCUT2D eigenvalue weighted by Gasteiger charge is 2.15. The third-order valence-corrected chi connectivity index (χ3v) is 4.26. The van der Waals surface area contributed by atoms with E-state index in [1.165, 1.54) is 35.8 Å². The van der Waals surface area contributed by atoms with E-state index in [1.54, 1.807) is 0 Å². The van der Waals surface area contributed by atoms with E-state index in [2.05, 4.69) is 4.72 Å². The number of rotatable bonds is 5. The van der Waals surface area contributed by atoms with Crippen molar-refractivity contribution >= 4 is 27.7 Å². The van der Waals surface area contributed by atoms with E-state index in [1.807, 2.05) is 0 Å². The highest BCUT2D eigenvalue weighted by atomic mass is 32.2. The van der Waals surface area contributed by atoms with Crippen LogP contribution in [-0.4, -0.2) is 19.5 Å². The number of hydrogen-bond acceptors (Lipinski definition) is 4. The van der Waals surface area contributed by atoms with Gasteiger partial charge in [0.05, 0.1) is 10.6 Å². The number of amides is 1. The van der Waals surface area contributed by atoms with Gasteiger partial charge in [0.1, 0.15) is 0 Å². The van der Waals surface area contributed by atoms with Crippen LogP contribution in [0.1, 0.15) is 5.56 Å². The topological polar surface area (TPSA) is 95.5 Å². The van der Waals surface area contributed by atoms with E-state index < -0.39 is 27.6 Å². The summed E-state index contributed by atoms with van der Waals surface area (Å²) >= 11 is 0. The number of carbonyl (C=O) groups is 1. The number of anilines is 1. The molecular weight excluding hydrogens is 342 g/mol. The highest BCUT2D eigenvalue weighted by molar-refractivity contribution is 7.92. The zero-order chi connectivity index (χ0) is 17.7. The molecule has 0 saturated carbocycles. The molecule has 0 spiro atoms. The van der Waals surface area contributed by atoms with Gasteiger partial charge < -0.3 is 0 Å². The van der Waals surface area contributed by atoms with Crippen LogP contribution in [0.2, 0.25) is 0 Å². The number of carbonyl (C=O) groups excluding carboxylic acids is 1. The molecule has 0 aliphatic heterocycles. The van der Waals surface area contributed by atoms with Crippen LogP contribution in [0.15, 0.2) is 53.4 Å². The smallest absolute Gasteiger partial charge is 0.267 e. The second-order valence-electron chi connectivity index (χ2n) is 4.62. The molecule has 6 nitrogen and oxygen atoms in total. The van der Waals surface area contributed by atoms with E-state index in [0.717, 1.165) is 24.3 Å². The van der Waals surface area contributed by atoms with Crippen molar-refractivity contribution in [2.75, 3.05) is 4.72 Å². The minimum Gasteiger partial charge on any atom is -0.288 e. The van der Waals surface area contributed by atoms with E-state index in [9.17, 15) is 22.0 Å². The minimum atomic E-state index is -4.03.